The molecule has 0 amide bonds. The van der Waals surface area contributed by atoms with Crippen molar-refractivity contribution >= 4 is 39.7 Å². The summed E-state index contributed by atoms with van der Waals surface area (Å²) in [6.07, 6.45) is 0. The average molecular weight is 356 g/mol. The zero-order chi connectivity index (χ0) is 16.4. The van der Waals surface area contributed by atoms with Crippen LogP contribution in [0.1, 0.15) is 5.56 Å². The zero-order valence-electron chi connectivity index (χ0n) is 13.1. The van der Waals surface area contributed by atoms with E-state index < -0.39 is 0 Å². The first kappa shape index (κ1) is 15.6. The lowest BCUT2D eigenvalue weighted by Gasteiger charge is -2.06. The lowest BCUT2D eigenvalue weighted by atomic mass is 10.2. The molecule has 1 atom stereocenters. The van der Waals surface area contributed by atoms with Crippen LogP contribution in [0.3, 0.4) is 0 Å². The van der Waals surface area contributed by atoms with E-state index in [2.05, 4.69) is 22.1 Å². The van der Waals surface area contributed by atoms with E-state index in [1.165, 1.54) is 0 Å². The molecule has 2 aromatic carbocycles. The average Bonchev–Trinajstić information content (AvgIpc) is 3.26. The minimum atomic E-state index is 0.446. The third-order valence-corrected chi connectivity index (χ3v) is 6.16. The normalized spacial score (nSPS) is 17.2. The molecule has 2 heterocycles. The lowest BCUT2D eigenvalue weighted by molar-refractivity contribution is 0.415. The van der Waals surface area contributed by atoms with Gasteiger partial charge in [0.05, 0.1) is 18.7 Å². The molecule has 0 bridgehead atoms. The Morgan fingerprint density at radius 1 is 1.21 bits per heavy atom. The van der Waals surface area contributed by atoms with Crippen molar-refractivity contribution in [2.75, 3.05) is 19.4 Å². The summed E-state index contributed by atoms with van der Waals surface area (Å²) in [6, 6.07) is 15.9. The van der Waals surface area contributed by atoms with Gasteiger partial charge in [-0.2, -0.15) is 0 Å². The Labute approximate surface area is 148 Å². The number of para-hydroxylation sites is 2. The fourth-order valence-electron chi connectivity index (χ4n) is 2.47. The highest BCUT2D eigenvalue weighted by molar-refractivity contribution is 8.16. The highest BCUT2D eigenvalue weighted by Crippen LogP contribution is 2.31. The van der Waals surface area contributed by atoms with Crippen molar-refractivity contribution in [3.05, 3.63) is 54.1 Å². The maximum Gasteiger partial charge on any atom is 0.256 e. The summed E-state index contributed by atoms with van der Waals surface area (Å²) in [5.74, 6) is 1.80. The van der Waals surface area contributed by atoms with Gasteiger partial charge in [0.15, 0.2) is 5.58 Å². The van der Waals surface area contributed by atoms with Crippen LogP contribution in [0.5, 0.6) is 5.75 Å². The largest absolute Gasteiger partial charge is 0.497 e. The Balaban J connectivity index is 1.35. The van der Waals surface area contributed by atoms with Crippen molar-refractivity contribution in [3.63, 3.8) is 0 Å². The summed E-state index contributed by atoms with van der Waals surface area (Å²) in [5, 5.41) is 2.28. The summed E-state index contributed by atoms with van der Waals surface area (Å²) < 4.78 is 11.0. The van der Waals surface area contributed by atoms with Gasteiger partial charge in [0.2, 0.25) is 0 Å². The van der Waals surface area contributed by atoms with Crippen LogP contribution in [-0.4, -0.2) is 34.7 Å². The van der Waals surface area contributed by atoms with Gasteiger partial charge in [-0.1, -0.05) is 23.9 Å². The molecule has 0 fully saturated rings. The van der Waals surface area contributed by atoms with Crippen LogP contribution < -0.4 is 4.74 Å². The van der Waals surface area contributed by atoms with Crippen LogP contribution in [0.15, 0.2) is 63.2 Å². The minimum Gasteiger partial charge on any atom is -0.497 e. The number of nitrogens with zero attached hydrogens (tertiary/aromatic N) is 2. The Hall–Kier alpha value is -1.92. The number of oxazole rings is 1. The topological polar surface area (TPSA) is 47.6 Å². The van der Waals surface area contributed by atoms with Crippen molar-refractivity contribution in [1.29, 1.82) is 0 Å². The highest BCUT2D eigenvalue weighted by atomic mass is 32.2. The Morgan fingerprint density at radius 3 is 2.83 bits per heavy atom. The molecular weight excluding hydrogens is 340 g/mol. The monoisotopic (exact) mass is 356 g/mol. The number of fused-ring (bicyclic) bond motifs is 1. The van der Waals surface area contributed by atoms with Gasteiger partial charge in [0.25, 0.3) is 5.22 Å². The number of hydrogen-bond acceptors (Lipinski definition) is 6. The van der Waals surface area contributed by atoms with E-state index in [0.717, 1.165) is 45.0 Å². The number of hydrogen-bond donors (Lipinski definition) is 0. The van der Waals surface area contributed by atoms with Crippen LogP contribution in [0, 0.1) is 0 Å². The van der Waals surface area contributed by atoms with Crippen molar-refractivity contribution < 1.29 is 9.15 Å². The minimum absolute atomic E-state index is 0.446. The fourth-order valence-corrected chi connectivity index (χ4v) is 4.58. The van der Waals surface area contributed by atoms with Gasteiger partial charge in [0.1, 0.15) is 11.3 Å². The Morgan fingerprint density at radius 2 is 2.04 bits per heavy atom. The molecule has 3 aromatic rings. The van der Waals surface area contributed by atoms with Gasteiger partial charge in [-0.3, -0.25) is 4.99 Å². The van der Waals surface area contributed by atoms with Gasteiger partial charge in [-0.15, -0.1) is 11.8 Å². The Kier molecular flexibility index (Phi) is 4.49. The van der Waals surface area contributed by atoms with Crippen LogP contribution >= 0.6 is 23.5 Å². The number of aliphatic imine (C=N–C) groups is 1. The molecule has 24 heavy (non-hydrogen) atoms. The molecule has 0 saturated carbocycles. The molecular formula is C18H16N2O2S2. The molecule has 4 nitrogen and oxygen atoms in total. The molecule has 1 aliphatic rings. The van der Waals surface area contributed by atoms with Crippen molar-refractivity contribution in [2.45, 2.75) is 10.5 Å². The highest BCUT2D eigenvalue weighted by Gasteiger charge is 2.22. The summed E-state index contributed by atoms with van der Waals surface area (Å²) in [5.41, 5.74) is 2.90. The van der Waals surface area contributed by atoms with Gasteiger partial charge in [-0.25, -0.2) is 4.98 Å². The molecule has 0 radical (unpaired) electrons. The first-order valence-electron chi connectivity index (χ1n) is 7.66. The summed E-state index contributed by atoms with van der Waals surface area (Å²) >= 11 is 3.48. The molecule has 6 heteroatoms. The number of ether oxygens (including phenoxy) is 1. The van der Waals surface area contributed by atoms with Gasteiger partial charge in [0, 0.05) is 16.6 Å². The smallest absolute Gasteiger partial charge is 0.256 e. The van der Waals surface area contributed by atoms with E-state index in [9.17, 15) is 0 Å². The van der Waals surface area contributed by atoms with Gasteiger partial charge >= 0.3 is 0 Å². The number of methoxy groups -OCH3 is 1. The van der Waals surface area contributed by atoms with Crippen LogP contribution in [-0.2, 0) is 0 Å². The van der Waals surface area contributed by atoms with E-state index >= 15 is 0 Å². The molecule has 0 saturated heterocycles. The van der Waals surface area contributed by atoms with Crippen LogP contribution in [0.25, 0.3) is 11.1 Å². The van der Waals surface area contributed by atoms with E-state index in [-0.39, 0.29) is 0 Å². The van der Waals surface area contributed by atoms with E-state index in [0.29, 0.717) is 5.25 Å². The SMILES string of the molecule is COc1ccc(C2=NCC(CSc3nc4ccccc4o3)S2)cc1. The maximum absolute atomic E-state index is 5.76. The van der Waals surface area contributed by atoms with Crippen molar-refractivity contribution in [2.24, 2.45) is 4.99 Å². The second-order valence-electron chi connectivity index (χ2n) is 5.37. The Bertz CT molecular complexity index is 841. The molecule has 1 aliphatic heterocycles. The molecule has 0 aliphatic carbocycles. The first-order chi connectivity index (χ1) is 11.8. The number of benzene rings is 2. The van der Waals surface area contributed by atoms with Gasteiger partial charge < -0.3 is 9.15 Å². The predicted octanol–water partition coefficient (Wildman–Crippen LogP) is 4.49. The van der Waals surface area contributed by atoms with E-state index in [1.54, 1.807) is 18.9 Å². The van der Waals surface area contributed by atoms with Crippen LogP contribution in [0.4, 0.5) is 0 Å². The van der Waals surface area contributed by atoms with E-state index in [4.69, 9.17) is 9.15 Å². The lowest BCUT2D eigenvalue weighted by Crippen LogP contribution is -2.06. The number of rotatable bonds is 5. The third-order valence-electron chi connectivity index (χ3n) is 3.72. The third kappa shape index (κ3) is 3.30. The molecule has 0 N–H and O–H groups in total. The molecule has 122 valence electrons. The second kappa shape index (κ2) is 6.91. The summed E-state index contributed by atoms with van der Waals surface area (Å²) in [7, 11) is 1.68. The second-order valence-corrected chi connectivity index (χ2v) is 7.63. The molecule has 1 unspecified atom stereocenters. The first-order valence-corrected chi connectivity index (χ1v) is 9.52. The number of aromatic nitrogens is 1. The van der Waals surface area contributed by atoms with Crippen molar-refractivity contribution in [1.82, 2.24) is 4.98 Å². The van der Waals surface area contributed by atoms with Gasteiger partial charge in [-0.05, 0) is 36.4 Å². The summed E-state index contributed by atoms with van der Waals surface area (Å²) in [4.78, 5) is 9.18. The maximum atomic E-state index is 5.76. The molecule has 4 rings (SSSR count). The zero-order valence-corrected chi connectivity index (χ0v) is 14.8. The summed E-state index contributed by atoms with van der Waals surface area (Å²) in [6.45, 7) is 0.833. The standard InChI is InChI=1S/C18H16N2O2S2/c1-21-13-8-6-12(7-9-13)17-19-10-14(24-17)11-23-18-20-15-4-2-3-5-16(15)22-18/h2-9,14H,10-11H2,1H3. The number of thioether (sulfide) groups is 2. The van der Waals surface area contributed by atoms with Crippen LogP contribution in [0.2, 0.25) is 0 Å². The quantitative estimate of drug-likeness (QED) is 0.630. The van der Waals surface area contributed by atoms with E-state index in [1.807, 2.05) is 48.2 Å². The molecule has 1 aromatic heterocycles. The predicted molar refractivity (Wildman–Crippen MR) is 101 cm³/mol. The fraction of sp³-hybridized carbons (Fsp3) is 0.222. The van der Waals surface area contributed by atoms with Crippen molar-refractivity contribution in [3.8, 4) is 5.75 Å². The molecule has 0 spiro atoms.